The minimum absolute atomic E-state index is 0.507. The summed E-state index contributed by atoms with van der Waals surface area (Å²) in [5, 5.41) is 0. The molecule has 6 nitrogen and oxygen atoms in total. The Bertz CT molecular complexity index is 663. The number of hydrogen-bond donors (Lipinski definition) is 0. The summed E-state index contributed by atoms with van der Waals surface area (Å²) in [5.74, 6) is 1.66. The van der Waals surface area contributed by atoms with Gasteiger partial charge in [-0.25, -0.2) is 0 Å². The van der Waals surface area contributed by atoms with Crippen molar-refractivity contribution in [2.75, 3.05) is 66.1 Å². The smallest absolute Gasteiger partial charge is 0.119 e. The van der Waals surface area contributed by atoms with Gasteiger partial charge in [-0.3, -0.25) is 0 Å². The molecule has 0 spiro atoms. The van der Waals surface area contributed by atoms with Crippen molar-refractivity contribution in [2.45, 2.75) is 0 Å². The zero-order chi connectivity index (χ0) is 20.7. The second-order valence-electron chi connectivity index (χ2n) is 6.62. The van der Waals surface area contributed by atoms with Crippen LogP contribution in [0.2, 0.25) is 0 Å². The van der Waals surface area contributed by atoms with Crippen LogP contribution >= 0.6 is 0 Å². The fourth-order valence-electron chi connectivity index (χ4n) is 2.74. The van der Waals surface area contributed by atoms with E-state index >= 15 is 0 Å². The minimum Gasteiger partial charge on any atom is -0.491 e. The second-order valence-corrected chi connectivity index (χ2v) is 6.62. The maximum Gasteiger partial charge on any atom is 0.119 e. The summed E-state index contributed by atoms with van der Waals surface area (Å²) in [7, 11) is 0. The molecule has 2 aromatic carbocycles. The van der Waals surface area contributed by atoms with E-state index in [0.29, 0.717) is 66.1 Å². The van der Waals surface area contributed by atoms with Crippen LogP contribution in [0.5, 0.6) is 11.5 Å². The van der Waals surface area contributed by atoms with Crippen molar-refractivity contribution in [1.29, 1.82) is 0 Å². The molecule has 0 saturated carbocycles. The van der Waals surface area contributed by atoms with Crippen molar-refractivity contribution < 1.29 is 28.4 Å². The van der Waals surface area contributed by atoms with Crippen LogP contribution in [0.4, 0.5) is 0 Å². The van der Waals surface area contributed by atoms with E-state index in [2.05, 4.69) is 12.2 Å². The quantitative estimate of drug-likeness (QED) is 0.655. The third-order valence-electron chi connectivity index (χ3n) is 4.34. The highest BCUT2D eigenvalue weighted by atomic mass is 16.6. The molecule has 0 aliphatic carbocycles. The average molecular weight is 414 g/mol. The van der Waals surface area contributed by atoms with Crippen LogP contribution in [-0.2, 0) is 18.9 Å². The Balaban J connectivity index is 1.51. The van der Waals surface area contributed by atoms with Crippen LogP contribution in [0.1, 0.15) is 11.1 Å². The van der Waals surface area contributed by atoms with Gasteiger partial charge in [-0.1, -0.05) is 36.4 Å². The molecule has 4 bridgehead atoms. The Morgan fingerprint density at radius 3 is 1.00 bits per heavy atom. The van der Waals surface area contributed by atoms with Gasteiger partial charge in [0.25, 0.3) is 0 Å². The SMILES string of the molecule is C1=C\c2ccc(cc2)OCCOCCOCCOCCOCCOc2ccc/1cc2. The molecule has 0 saturated heterocycles. The van der Waals surface area contributed by atoms with E-state index in [1.807, 2.05) is 48.5 Å². The Kier molecular flexibility index (Phi) is 10.2. The predicted molar refractivity (Wildman–Crippen MR) is 116 cm³/mol. The van der Waals surface area contributed by atoms with E-state index in [4.69, 9.17) is 28.4 Å². The summed E-state index contributed by atoms with van der Waals surface area (Å²) in [6.45, 7) is 5.31. The van der Waals surface area contributed by atoms with Gasteiger partial charge in [0.05, 0.1) is 52.9 Å². The average Bonchev–Trinajstić information content (AvgIpc) is 2.78. The Hall–Kier alpha value is -2.38. The molecule has 6 heteroatoms. The second kappa shape index (κ2) is 13.8. The third-order valence-corrected chi connectivity index (χ3v) is 4.34. The van der Waals surface area contributed by atoms with Crippen LogP contribution in [-0.4, -0.2) is 66.1 Å². The van der Waals surface area contributed by atoms with E-state index in [-0.39, 0.29) is 0 Å². The first-order valence-electron chi connectivity index (χ1n) is 10.3. The maximum atomic E-state index is 5.70. The van der Waals surface area contributed by atoms with Crippen LogP contribution in [0, 0.1) is 0 Å². The molecule has 30 heavy (non-hydrogen) atoms. The van der Waals surface area contributed by atoms with Gasteiger partial charge in [0, 0.05) is 0 Å². The molecular formula is C24H30O6. The first kappa shape index (κ1) is 22.3. The van der Waals surface area contributed by atoms with E-state index < -0.39 is 0 Å². The van der Waals surface area contributed by atoms with Crippen molar-refractivity contribution >= 4 is 12.2 Å². The molecule has 0 fully saturated rings. The van der Waals surface area contributed by atoms with Gasteiger partial charge in [0.15, 0.2) is 0 Å². The Morgan fingerprint density at radius 2 is 0.667 bits per heavy atom. The van der Waals surface area contributed by atoms with Crippen LogP contribution in [0.15, 0.2) is 48.5 Å². The summed E-state index contributed by atoms with van der Waals surface area (Å²) >= 11 is 0. The van der Waals surface area contributed by atoms with Crippen LogP contribution in [0.25, 0.3) is 12.2 Å². The fourth-order valence-corrected chi connectivity index (χ4v) is 2.74. The fraction of sp³-hybridized carbons (Fsp3) is 0.417. The molecule has 0 amide bonds. The predicted octanol–water partition coefficient (Wildman–Crippen LogP) is 3.69. The van der Waals surface area contributed by atoms with Gasteiger partial charge in [0.2, 0.25) is 0 Å². The molecule has 0 N–H and O–H groups in total. The highest BCUT2D eigenvalue weighted by Crippen LogP contribution is 2.17. The molecule has 0 aromatic heterocycles. The van der Waals surface area contributed by atoms with Crippen LogP contribution in [0.3, 0.4) is 0 Å². The Labute approximate surface area is 178 Å². The highest BCUT2D eigenvalue weighted by molar-refractivity contribution is 5.70. The van der Waals surface area contributed by atoms with Gasteiger partial charge in [-0.15, -0.1) is 0 Å². The van der Waals surface area contributed by atoms with Crippen molar-refractivity contribution in [3.8, 4) is 11.5 Å². The lowest BCUT2D eigenvalue weighted by atomic mass is 10.1. The standard InChI is InChI=1S/C24H30O6/c1-2-22-5-9-24(10-6-22)30-20-18-28-16-14-26-12-11-25-13-15-27-17-19-29-23-7-3-21(1)4-8-23/h1-10H,11-20H2/b2-1-. The highest BCUT2D eigenvalue weighted by Gasteiger charge is 1.98. The molecule has 5 rings (SSSR count). The number of hydrogen-bond acceptors (Lipinski definition) is 6. The topological polar surface area (TPSA) is 55.4 Å². The number of ether oxygens (including phenoxy) is 6. The first-order chi connectivity index (χ1) is 14.9. The minimum atomic E-state index is 0.507. The summed E-state index contributed by atoms with van der Waals surface area (Å²) in [6.07, 6.45) is 4.14. The molecule has 2 aromatic rings. The van der Waals surface area contributed by atoms with Gasteiger partial charge in [0.1, 0.15) is 24.7 Å². The molecule has 3 heterocycles. The van der Waals surface area contributed by atoms with Gasteiger partial charge in [-0.05, 0) is 35.4 Å². The summed E-state index contributed by atoms with van der Waals surface area (Å²) in [5.41, 5.74) is 2.22. The normalized spacial score (nSPS) is 18.9. The van der Waals surface area contributed by atoms with E-state index in [1.165, 1.54) is 0 Å². The third kappa shape index (κ3) is 8.97. The first-order valence-corrected chi connectivity index (χ1v) is 10.3. The van der Waals surface area contributed by atoms with Gasteiger partial charge >= 0.3 is 0 Å². The summed E-state index contributed by atoms with van der Waals surface area (Å²) < 4.78 is 33.4. The van der Waals surface area contributed by atoms with E-state index in [1.54, 1.807) is 0 Å². The van der Waals surface area contributed by atoms with Crippen molar-refractivity contribution in [3.05, 3.63) is 59.7 Å². The molecule has 3 aliphatic rings. The zero-order valence-corrected chi connectivity index (χ0v) is 17.3. The number of rotatable bonds is 0. The largest absolute Gasteiger partial charge is 0.491 e. The lowest BCUT2D eigenvalue weighted by molar-refractivity contribution is -0.00699. The maximum absolute atomic E-state index is 5.70. The summed E-state index contributed by atoms with van der Waals surface area (Å²) in [6, 6.07) is 16.0. The Morgan fingerprint density at radius 1 is 0.367 bits per heavy atom. The molecule has 0 radical (unpaired) electrons. The van der Waals surface area contributed by atoms with Gasteiger partial charge < -0.3 is 28.4 Å². The lowest BCUT2D eigenvalue weighted by Gasteiger charge is -2.09. The zero-order valence-electron chi connectivity index (χ0n) is 17.3. The van der Waals surface area contributed by atoms with E-state index in [9.17, 15) is 0 Å². The number of fused-ring (bicyclic) bond motifs is 2. The van der Waals surface area contributed by atoms with Crippen molar-refractivity contribution in [3.63, 3.8) is 0 Å². The molecule has 0 unspecified atom stereocenters. The number of benzene rings is 2. The van der Waals surface area contributed by atoms with Gasteiger partial charge in [-0.2, -0.15) is 0 Å². The molecule has 162 valence electrons. The van der Waals surface area contributed by atoms with Crippen LogP contribution < -0.4 is 9.47 Å². The molecule has 0 atom stereocenters. The lowest BCUT2D eigenvalue weighted by Crippen LogP contribution is -2.14. The molecule has 3 aliphatic heterocycles. The van der Waals surface area contributed by atoms with Crippen molar-refractivity contribution in [1.82, 2.24) is 0 Å². The molecular weight excluding hydrogens is 384 g/mol. The monoisotopic (exact) mass is 414 g/mol. The van der Waals surface area contributed by atoms with E-state index in [0.717, 1.165) is 22.6 Å². The van der Waals surface area contributed by atoms with Crippen molar-refractivity contribution in [2.24, 2.45) is 0 Å². The summed E-state index contributed by atoms with van der Waals surface area (Å²) in [4.78, 5) is 0.